The average Bonchev–Trinajstić information content (AvgIpc) is 2.86. The third kappa shape index (κ3) is 2.66. The largest absolute Gasteiger partial charge is 0.399 e. The number of hydrogen-bond donors (Lipinski definition) is 2. The van der Waals surface area contributed by atoms with Crippen molar-refractivity contribution in [2.75, 3.05) is 12.8 Å². The van der Waals surface area contributed by atoms with E-state index in [1.54, 1.807) is 13.0 Å². The molecule has 0 saturated heterocycles. The van der Waals surface area contributed by atoms with Crippen molar-refractivity contribution < 1.29 is 8.42 Å². The number of aryl methyl sites for hydroxylation is 1. The fourth-order valence-corrected chi connectivity index (χ4v) is 3.35. The fraction of sp³-hybridized carbons (Fsp3) is 0.333. The van der Waals surface area contributed by atoms with Crippen LogP contribution in [0.15, 0.2) is 23.4 Å². The van der Waals surface area contributed by atoms with Crippen molar-refractivity contribution in [2.24, 2.45) is 0 Å². The highest BCUT2D eigenvalue weighted by molar-refractivity contribution is 7.89. The van der Waals surface area contributed by atoms with Gasteiger partial charge in [0.1, 0.15) is 12.2 Å². The standard InChI is InChI=1S/C12H17N5O2S/c1-8-4-10(13)5-11(9(8)2)20(18,19)17(3)6-12-14-7-15-16-12/h4-5,7H,6,13H2,1-3H3,(H,14,15,16). The van der Waals surface area contributed by atoms with Gasteiger partial charge in [0.15, 0.2) is 0 Å². The lowest BCUT2D eigenvalue weighted by Gasteiger charge is -2.18. The highest BCUT2D eigenvalue weighted by Gasteiger charge is 2.24. The van der Waals surface area contributed by atoms with Gasteiger partial charge >= 0.3 is 0 Å². The van der Waals surface area contributed by atoms with Crippen LogP contribution in [0.4, 0.5) is 5.69 Å². The van der Waals surface area contributed by atoms with E-state index < -0.39 is 10.0 Å². The zero-order valence-corrected chi connectivity index (χ0v) is 12.4. The summed E-state index contributed by atoms with van der Waals surface area (Å²) in [5, 5.41) is 6.34. The molecule has 0 radical (unpaired) electrons. The molecule has 2 rings (SSSR count). The van der Waals surface area contributed by atoms with Crippen LogP contribution in [0.3, 0.4) is 0 Å². The van der Waals surface area contributed by atoms with E-state index in [4.69, 9.17) is 5.73 Å². The van der Waals surface area contributed by atoms with E-state index in [-0.39, 0.29) is 11.4 Å². The van der Waals surface area contributed by atoms with Crippen LogP contribution in [0.1, 0.15) is 17.0 Å². The molecular weight excluding hydrogens is 278 g/mol. The van der Waals surface area contributed by atoms with Crippen LogP contribution < -0.4 is 5.73 Å². The van der Waals surface area contributed by atoms with Crippen LogP contribution in [0, 0.1) is 13.8 Å². The first-order valence-corrected chi connectivity index (χ1v) is 7.43. The number of anilines is 1. The van der Waals surface area contributed by atoms with Gasteiger partial charge in [0.05, 0.1) is 11.4 Å². The number of aromatic nitrogens is 3. The minimum atomic E-state index is -3.63. The van der Waals surface area contributed by atoms with Gasteiger partial charge in [-0.3, -0.25) is 5.10 Å². The fourth-order valence-electron chi connectivity index (χ4n) is 1.89. The van der Waals surface area contributed by atoms with Gasteiger partial charge in [0, 0.05) is 12.7 Å². The summed E-state index contributed by atoms with van der Waals surface area (Å²) in [5.74, 6) is 0.481. The molecule has 108 valence electrons. The van der Waals surface area contributed by atoms with E-state index in [0.29, 0.717) is 17.1 Å². The Morgan fingerprint density at radius 2 is 2.05 bits per heavy atom. The van der Waals surface area contributed by atoms with E-state index >= 15 is 0 Å². The first kappa shape index (κ1) is 14.5. The Labute approximate surface area is 117 Å². The van der Waals surface area contributed by atoms with Crippen LogP contribution in [0.25, 0.3) is 0 Å². The smallest absolute Gasteiger partial charge is 0.243 e. The van der Waals surface area contributed by atoms with E-state index in [1.165, 1.54) is 23.7 Å². The molecule has 0 amide bonds. The summed E-state index contributed by atoms with van der Waals surface area (Å²) in [6.07, 6.45) is 1.34. The number of hydrogen-bond acceptors (Lipinski definition) is 5. The predicted molar refractivity (Wildman–Crippen MR) is 75.4 cm³/mol. The highest BCUT2D eigenvalue weighted by Crippen LogP contribution is 2.25. The Kier molecular flexibility index (Phi) is 3.78. The van der Waals surface area contributed by atoms with Gasteiger partial charge in [-0.1, -0.05) is 0 Å². The Bertz CT molecular complexity index is 710. The molecule has 0 fully saturated rings. The third-order valence-electron chi connectivity index (χ3n) is 3.17. The topological polar surface area (TPSA) is 105 Å². The van der Waals surface area contributed by atoms with Crippen LogP contribution in [-0.4, -0.2) is 35.0 Å². The zero-order chi connectivity index (χ0) is 14.9. The molecule has 1 aromatic carbocycles. The molecule has 1 heterocycles. The molecule has 0 saturated carbocycles. The second-order valence-corrected chi connectivity index (χ2v) is 6.67. The molecule has 8 heteroatoms. The van der Waals surface area contributed by atoms with Crippen LogP contribution in [0.5, 0.6) is 0 Å². The van der Waals surface area contributed by atoms with Crippen molar-refractivity contribution in [3.8, 4) is 0 Å². The van der Waals surface area contributed by atoms with E-state index in [2.05, 4.69) is 15.2 Å². The summed E-state index contributed by atoms with van der Waals surface area (Å²) in [6, 6.07) is 3.24. The number of nitrogens with two attached hydrogens (primary N) is 1. The third-order valence-corrected chi connectivity index (χ3v) is 5.10. The highest BCUT2D eigenvalue weighted by atomic mass is 32.2. The Balaban J connectivity index is 2.40. The molecule has 0 aliphatic carbocycles. The molecule has 20 heavy (non-hydrogen) atoms. The maximum Gasteiger partial charge on any atom is 0.243 e. The number of nitrogens with one attached hydrogen (secondary N) is 1. The van der Waals surface area contributed by atoms with Gasteiger partial charge in [-0.25, -0.2) is 13.4 Å². The van der Waals surface area contributed by atoms with Gasteiger partial charge in [0.25, 0.3) is 0 Å². The van der Waals surface area contributed by atoms with Crippen LogP contribution in [0.2, 0.25) is 0 Å². The van der Waals surface area contributed by atoms with Crippen molar-refractivity contribution in [2.45, 2.75) is 25.3 Å². The number of H-pyrrole nitrogens is 1. The Hall–Kier alpha value is -1.93. The quantitative estimate of drug-likeness (QED) is 0.813. The van der Waals surface area contributed by atoms with Gasteiger partial charge in [-0.05, 0) is 37.1 Å². The molecule has 0 aliphatic rings. The zero-order valence-electron chi connectivity index (χ0n) is 11.6. The second-order valence-electron chi connectivity index (χ2n) is 4.65. The number of sulfonamides is 1. The van der Waals surface area contributed by atoms with E-state index in [1.807, 2.05) is 6.92 Å². The summed E-state index contributed by atoms with van der Waals surface area (Å²) < 4.78 is 26.4. The van der Waals surface area contributed by atoms with Crippen molar-refractivity contribution in [1.82, 2.24) is 19.5 Å². The molecule has 0 aliphatic heterocycles. The summed E-state index contributed by atoms with van der Waals surface area (Å²) in [4.78, 5) is 4.14. The monoisotopic (exact) mass is 295 g/mol. The number of rotatable bonds is 4. The maximum absolute atomic E-state index is 12.6. The molecular formula is C12H17N5O2S. The lowest BCUT2D eigenvalue weighted by atomic mass is 10.1. The lowest BCUT2D eigenvalue weighted by molar-refractivity contribution is 0.457. The first-order chi connectivity index (χ1) is 9.32. The molecule has 1 aromatic heterocycles. The molecule has 0 bridgehead atoms. The van der Waals surface area contributed by atoms with Gasteiger partial charge in [-0.15, -0.1) is 0 Å². The summed E-state index contributed by atoms with van der Waals surface area (Å²) in [6.45, 7) is 3.72. The van der Waals surface area contributed by atoms with Crippen molar-refractivity contribution in [1.29, 1.82) is 0 Å². The molecule has 0 spiro atoms. The molecule has 3 N–H and O–H groups in total. The lowest BCUT2D eigenvalue weighted by Crippen LogP contribution is -2.28. The van der Waals surface area contributed by atoms with Gasteiger partial charge < -0.3 is 5.73 Å². The van der Waals surface area contributed by atoms with E-state index in [9.17, 15) is 8.42 Å². The minimum Gasteiger partial charge on any atom is -0.399 e. The first-order valence-electron chi connectivity index (χ1n) is 5.99. The summed E-state index contributed by atoms with van der Waals surface area (Å²) in [7, 11) is -2.13. The van der Waals surface area contributed by atoms with Crippen molar-refractivity contribution in [3.63, 3.8) is 0 Å². The number of aromatic amines is 1. The van der Waals surface area contributed by atoms with Gasteiger partial charge in [0.2, 0.25) is 10.0 Å². The Morgan fingerprint density at radius 3 is 2.65 bits per heavy atom. The average molecular weight is 295 g/mol. The summed E-state index contributed by atoms with van der Waals surface area (Å²) in [5.41, 5.74) is 7.72. The second kappa shape index (κ2) is 5.22. The van der Waals surface area contributed by atoms with Crippen molar-refractivity contribution >= 4 is 15.7 Å². The van der Waals surface area contributed by atoms with Crippen LogP contribution >= 0.6 is 0 Å². The molecule has 7 nitrogen and oxygen atoms in total. The van der Waals surface area contributed by atoms with E-state index in [0.717, 1.165) is 5.56 Å². The predicted octanol–water partition coefficient (Wildman–Crippen LogP) is 0.824. The molecule has 0 atom stereocenters. The normalized spacial score (nSPS) is 12.0. The minimum absolute atomic E-state index is 0.121. The number of nitrogen functional groups attached to an aromatic ring is 1. The number of nitrogens with zero attached hydrogens (tertiary/aromatic N) is 3. The van der Waals surface area contributed by atoms with Crippen molar-refractivity contribution in [3.05, 3.63) is 35.4 Å². The Morgan fingerprint density at radius 1 is 1.35 bits per heavy atom. The SMILES string of the molecule is Cc1cc(N)cc(S(=O)(=O)N(C)Cc2ncn[nH]2)c1C. The maximum atomic E-state index is 12.6. The summed E-state index contributed by atoms with van der Waals surface area (Å²) >= 11 is 0. The number of benzene rings is 1. The van der Waals surface area contributed by atoms with Gasteiger partial charge in [-0.2, -0.15) is 9.40 Å². The molecule has 0 unspecified atom stereocenters. The van der Waals surface area contributed by atoms with Crippen LogP contribution in [-0.2, 0) is 16.6 Å². The molecule has 2 aromatic rings.